The van der Waals surface area contributed by atoms with Crippen molar-refractivity contribution in [1.82, 2.24) is 15.0 Å². The molecule has 2 heterocycles. The van der Waals surface area contributed by atoms with E-state index in [1.54, 1.807) is 0 Å². The summed E-state index contributed by atoms with van der Waals surface area (Å²) in [6.07, 6.45) is 0. The highest BCUT2D eigenvalue weighted by molar-refractivity contribution is 5.81. The van der Waals surface area contributed by atoms with Crippen LogP contribution in [0, 0.1) is 6.57 Å². The number of fused-ring (bicyclic) bond motifs is 2. The highest BCUT2D eigenvalue weighted by Gasteiger charge is 2.46. The monoisotopic (exact) mass is 666 g/mol. The number of hydrogen-bond acceptors (Lipinski definition) is 4. The van der Waals surface area contributed by atoms with E-state index in [1.807, 2.05) is 97.1 Å². The van der Waals surface area contributed by atoms with Gasteiger partial charge >= 0.3 is 0 Å². The molecule has 0 atom stereocenters. The molecule has 0 bridgehead atoms. The number of aromatic nitrogens is 3. The van der Waals surface area contributed by atoms with Crippen LogP contribution in [-0.4, -0.2) is 15.0 Å². The van der Waals surface area contributed by atoms with E-state index in [0.29, 0.717) is 28.9 Å². The van der Waals surface area contributed by atoms with Gasteiger partial charge in [0.1, 0.15) is 11.5 Å². The van der Waals surface area contributed by atoms with Gasteiger partial charge in [0.15, 0.2) is 23.2 Å². The summed E-state index contributed by atoms with van der Waals surface area (Å²) in [6.45, 7) is 7.64. The molecule has 1 aliphatic heterocycles. The van der Waals surface area contributed by atoms with Crippen LogP contribution in [0.1, 0.15) is 22.3 Å². The highest BCUT2D eigenvalue weighted by Crippen LogP contribution is 2.57. The first-order valence-electron chi connectivity index (χ1n) is 17.1. The number of hydrogen-bond donors (Lipinski definition) is 0. The zero-order chi connectivity index (χ0) is 34.9. The van der Waals surface area contributed by atoms with E-state index in [1.165, 1.54) is 0 Å². The molecule has 0 spiro atoms. The maximum atomic E-state index is 7.64. The molecule has 0 N–H and O–H groups in total. The fourth-order valence-corrected chi connectivity index (χ4v) is 7.36. The van der Waals surface area contributed by atoms with Gasteiger partial charge in [-0.3, -0.25) is 0 Å². The first kappa shape index (κ1) is 30.9. The van der Waals surface area contributed by atoms with E-state index in [2.05, 4.69) is 89.8 Å². The molecule has 8 aromatic rings. The second-order valence-corrected chi connectivity index (χ2v) is 12.6. The summed E-state index contributed by atoms with van der Waals surface area (Å²) in [5.41, 5.74) is 8.62. The Hall–Kier alpha value is -7.16. The topological polar surface area (TPSA) is 52.3 Å². The normalized spacial score (nSPS) is 12.5. The molecule has 52 heavy (non-hydrogen) atoms. The van der Waals surface area contributed by atoms with Gasteiger partial charge < -0.3 is 4.74 Å². The van der Waals surface area contributed by atoms with Gasteiger partial charge in [0.25, 0.3) is 0 Å². The predicted octanol–water partition coefficient (Wildman–Crippen LogP) is 11.6. The average Bonchev–Trinajstić information content (AvgIpc) is 3.23. The molecule has 244 valence electrons. The average molecular weight is 667 g/mol. The summed E-state index contributed by atoms with van der Waals surface area (Å²) >= 11 is 0. The molecule has 7 aromatic carbocycles. The number of benzene rings is 7. The van der Waals surface area contributed by atoms with Gasteiger partial charge in [-0.05, 0) is 34.4 Å². The molecule has 0 unspecified atom stereocenters. The minimum absolute atomic E-state index is 0.512. The molecule has 0 saturated carbocycles. The minimum Gasteiger partial charge on any atom is -0.456 e. The third kappa shape index (κ3) is 5.14. The third-order valence-electron chi connectivity index (χ3n) is 9.72. The van der Waals surface area contributed by atoms with Gasteiger partial charge in [-0.15, -0.1) is 0 Å². The lowest BCUT2D eigenvalue weighted by molar-refractivity contribution is 0.436. The third-order valence-corrected chi connectivity index (χ3v) is 9.72. The van der Waals surface area contributed by atoms with E-state index >= 15 is 0 Å². The van der Waals surface area contributed by atoms with Crippen molar-refractivity contribution >= 4 is 5.69 Å². The maximum Gasteiger partial charge on any atom is 0.194 e. The van der Waals surface area contributed by atoms with Crippen molar-refractivity contribution in [2.75, 3.05) is 0 Å². The van der Waals surface area contributed by atoms with Gasteiger partial charge in [-0.1, -0.05) is 170 Å². The maximum absolute atomic E-state index is 7.64. The largest absolute Gasteiger partial charge is 0.456 e. The molecular weight excluding hydrogens is 637 g/mol. The smallest absolute Gasteiger partial charge is 0.194 e. The van der Waals surface area contributed by atoms with Crippen LogP contribution in [0.15, 0.2) is 182 Å². The van der Waals surface area contributed by atoms with Crippen LogP contribution in [0.4, 0.5) is 5.69 Å². The lowest BCUT2D eigenvalue weighted by Gasteiger charge is -2.42. The summed E-state index contributed by atoms with van der Waals surface area (Å²) in [7, 11) is 0. The van der Waals surface area contributed by atoms with Crippen molar-refractivity contribution < 1.29 is 4.74 Å². The van der Waals surface area contributed by atoms with Crippen LogP contribution >= 0.6 is 0 Å². The molecule has 0 amide bonds. The zero-order valence-corrected chi connectivity index (χ0v) is 28.0. The van der Waals surface area contributed by atoms with Crippen molar-refractivity contribution in [1.29, 1.82) is 0 Å². The quantitative estimate of drug-likeness (QED) is 0.166. The Kier molecular flexibility index (Phi) is 7.68. The Labute approximate surface area is 302 Å². The van der Waals surface area contributed by atoms with Crippen molar-refractivity contribution in [3.05, 3.63) is 216 Å². The van der Waals surface area contributed by atoms with Crippen LogP contribution in [0.3, 0.4) is 0 Å². The molecule has 5 heteroatoms. The van der Waals surface area contributed by atoms with Crippen LogP contribution in [0.5, 0.6) is 11.5 Å². The lowest BCUT2D eigenvalue weighted by atomic mass is 9.63. The molecule has 0 fully saturated rings. The SMILES string of the molecule is [C-]#[N+]c1ccccc1-c1ccc(-c2nc(-c3ccccc3)nc(-c3cccc4c3Oc3ccccc3C4(c3ccccc3)c3ccccc3)n2)cc1. The molecule has 0 aliphatic carbocycles. The van der Waals surface area contributed by atoms with E-state index in [9.17, 15) is 0 Å². The minimum atomic E-state index is -0.668. The Bertz CT molecular complexity index is 2560. The van der Waals surface area contributed by atoms with E-state index in [4.69, 9.17) is 26.3 Å². The molecule has 5 nitrogen and oxygen atoms in total. The van der Waals surface area contributed by atoms with Gasteiger partial charge in [-0.25, -0.2) is 19.8 Å². The molecule has 1 aliphatic rings. The van der Waals surface area contributed by atoms with Crippen LogP contribution in [0.25, 0.3) is 50.1 Å². The summed E-state index contributed by atoms with van der Waals surface area (Å²) in [5.74, 6) is 3.10. The summed E-state index contributed by atoms with van der Waals surface area (Å²) < 4.78 is 6.91. The van der Waals surface area contributed by atoms with Crippen molar-refractivity contribution in [2.45, 2.75) is 5.41 Å². The lowest BCUT2D eigenvalue weighted by Crippen LogP contribution is -2.34. The van der Waals surface area contributed by atoms with Crippen LogP contribution < -0.4 is 4.74 Å². The fourth-order valence-electron chi connectivity index (χ4n) is 7.36. The number of para-hydroxylation sites is 3. The Morgan fingerprint density at radius 2 is 0.923 bits per heavy atom. The Morgan fingerprint density at radius 3 is 1.60 bits per heavy atom. The second-order valence-electron chi connectivity index (χ2n) is 12.6. The van der Waals surface area contributed by atoms with E-state index in [-0.39, 0.29) is 0 Å². The van der Waals surface area contributed by atoms with Gasteiger partial charge in [0.05, 0.1) is 17.6 Å². The standard InChI is InChI=1S/C47H30N4O/c1-48-41-26-13-11-22-37(41)32-28-30-34(31-29-32)45-49-44(33-16-5-2-6-17-33)50-46(51-45)38-23-15-25-40-43(38)52-42-27-14-12-24-39(42)47(40,35-18-7-3-8-19-35)36-20-9-4-10-21-36/h2-31H. The zero-order valence-electron chi connectivity index (χ0n) is 28.0. The molecule has 9 rings (SSSR count). The Morgan fingerprint density at radius 1 is 0.423 bits per heavy atom. The first-order valence-corrected chi connectivity index (χ1v) is 17.1. The Balaban J connectivity index is 1.27. The first-order chi connectivity index (χ1) is 25.7. The van der Waals surface area contributed by atoms with Gasteiger partial charge in [-0.2, -0.15) is 0 Å². The van der Waals surface area contributed by atoms with Crippen molar-refractivity contribution in [3.63, 3.8) is 0 Å². The number of rotatable bonds is 6. The van der Waals surface area contributed by atoms with Gasteiger partial charge in [0.2, 0.25) is 0 Å². The van der Waals surface area contributed by atoms with E-state index < -0.39 is 5.41 Å². The summed E-state index contributed by atoms with van der Waals surface area (Å²) in [6, 6.07) is 61.5. The number of nitrogens with zero attached hydrogens (tertiary/aromatic N) is 4. The number of ether oxygens (including phenoxy) is 1. The molecule has 1 aromatic heterocycles. The molecule has 0 saturated heterocycles. The van der Waals surface area contributed by atoms with E-state index in [0.717, 1.165) is 55.8 Å². The van der Waals surface area contributed by atoms with Crippen molar-refractivity contribution in [3.8, 4) is 56.8 Å². The fraction of sp³-hybridized carbons (Fsp3) is 0.0213. The summed E-state index contributed by atoms with van der Waals surface area (Å²) in [5, 5.41) is 0. The predicted molar refractivity (Wildman–Crippen MR) is 206 cm³/mol. The summed E-state index contributed by atoms with van der Waals surface area (Å²) in [4.78, 5) is 19.0. The second kappa shape index (κ2) is 12.9. The van der Waals surface area contributed by atoms with Crippen LogP contribution in [0.2, 0.25) is 0 Å². The molecular formula is C47H30N4O. The van der Waals surface area contributed by atoms with Gasteiger partial charge in [0, 0.05) is 22.3 Å². The van der Waals surface area contributed by atoms with Crippen molar-refractivity contribution in [2.24, 2.45) is 0 Å². The molecule has 0 radical (unpaired) electrons. The van der Waals surface area contributed by atoms with Crippen LogP contribution in [-0.2, 0) is 5.41 Å². The highest BCUT2D eigenvalue weighted by atomic mass is 16.5.